The van der Waals surface area contributed by atoms with E-state index in [1.807, 2.05) is 6.92 Å². The number of anilines is 1. The highest BCUT2D eigenvalue weighted by Gasteiger charge is 2.15. The lowest BCUT2D eigenvalue weighted by Gasteiger charge is -2.02. The number of hydrogen-bond donors (Lipinski definition) is 1. The second kappa shape index (κ2) is 3.69. The molecule has 0 aliphatic rings. The first-order valence-corrected chi connectivity index (χ1v) is 4.44. The van der Waals surface area contributed by atoms with Crippen molar-refractivity contribution >= 4 is 27.4 Å². The highest BCUT2D eigenvalue weighted by atomic mass is 79.9. The molecule has 1 heterocycles. The Labute approximate surface area is 83.2 Å². The van der Waals surface area contributed by atoms with Gasteiger partial charge in [-0.25, -0.2) is 4.98 Å². The fourth-order valence-electron chi connectivity index (χ4n) is 0.928. The Morgan fingerprint density at radius 2 is 2.38 bits per heavy atom. The quantitative estimate of drug-likeness (QED) is 0.638. The maximum absolute atomic E-state index is 10.4. The van der Waals surface area contributed by atoms with Gasteiger partial charge in [-0.15, -0.1) is 0 Å². The van der Waals surface area contributed by atoms with Crippen molar-refractivity contribution in [3.8, 4) is 0 Å². The van der Waals surface area contributed by atoms with Crippen molar-refractivity contribution < 1.29 is 4.92 Å². The summed E-state index contributed by atoms with van der Waals surface area (Å²) in [6.07, 6.45) is 0.683. The second-order valence-electron chi connectivity index (χ2n) is 2.43. The minimum Gasteiger partial charge on any atom is -0.378 e. The third-order valence-electron chi connectivity index (χ3n) is 1.59. The highest BCUT2D eigenvalue weighted by molar-refractivity contribution is 9.10. The molecule has 1 aromatic heterocycles. The Hall–Kier alpha value is -1.17. The number of aromatic nitrogens is 1. The van der Waals surface area contributed by atoms with E-state index in [0.717, 1.165) is 5.69 Å². The zero-order chi connectivity index (χ0) is 10.0. The summed E-state index contributed by atoms with van der Waals surface area (Å²) >= 11 is 3.19. The Morgan fingerprint density at radius 1 is 1.77 bits per heavy atom. The Bertz CT molecular complexity index is 354. The van der Waals surface area contributed by atoms with E-state index in [4.69, 9.17) is 5.73 Å². The van der Waals surface area contributed by atoms with E-state index < -0.39 is 4.92 Å². The van der Waals surface area contributed by atoms with Crippen LogP contribution >= 0.6 is 15.9 Å². The third kappa shape index (κ3) is 1.95. The average Bonchev–Trinajstić information content (AvgIpc) is 2.07. The van der Waals surface area contributed by atoms with E-state index in [9.17, 15) is 10.1 Å². The SMILES string of the molecule is CCc1nc(N)c([N+](=O)[O-])cc1Br. The lowest BCUT2D eigenvalue weighted by molar-refractivity contribution is -0.384. The van der Waals surface area contributed by atoms with Crippen LogP contribution in [0.15, 0.2) is 10.5 Å². The van der Waals surface area contributed by atoms with Gasteiger partial charge in [-0.3, -0.25) is 10.1 Å². The van der Waals surface area contributed by atoms with Gasteiger partial charge >= 0.3 is 5.69 Å². The van der Waals surface area contributed by atoms with E-state index in [-0.39, 0.29) is 11.5 Å². The first-order chi connectivity index (χ1) is 6.06. The van der Waals surface area contributed by atoms with Gasteiger partial charge < -0.3 is 5.73 Å². The molecule has 2 N–H and O–H groups in total. The summed E-state index contributed by atoms with van der Waals surface area (Å²) in [5.74, 6) is -0.0370. The maximum atomic E-state index is 10.4. The lowest BCUT2D eigenvalue weighted by Crippen LogP contribution is -2.01. The minimum absolute atomic E-state index is 0.0370. The van der Waals surface area contributed by atoms with Gasteiger partial charge in [0.15, 0.2) is 0 Å². The van der Waals surface area contributed by atoms with Gasteiger partial charge in [0.2, 0.25) is 5.82 Å². The molecule has 13 heavy (non-hydrogen) atoms. The molecule has 0 atom stereocenters. The molecular weight excluding hydrogens is 238 g/mol. The summed E-state index contributed by atoms with van der Waals surface area (Å²) in [4.78, 5) is 13.8. The summed E-state index contributed by atoms with van der Waals surface area (Å²) in [5.41, 5.74) is 5.96. The average molecular weight is 246 g/mol. The number of nitrogen functional groups attached to an aromatic ring is 1. The van der Waals surface area contributed by atoms with Crippen LogP contribution in [0.25, 0.3) is 0 Å². The zero-order valence-electron chi connectivity index (χ0n) is 6.95. The van der Waals surface area contributed by atoms with E-state index >= 15 is 0 Å². The van der Waals surface area contributed by atoms with Crippen molar-refractivity contribution in [2.75, 3.05) is 5.73 Å². The fraction of sp³-hybridized carbons (Fsp3) is 0.286. The monoisotopic (exact) mass is 245 g/mol. The summed E-state index contributed by atoms with van der Waals surface area (Å²) in [6.45, 7) is 1.90. The predicted octanol–water partition coefficient (Wildman–Crippen LogP) is 1.90. The molecule has 0 aliphatic heterocycles. The van der Waals surface area contributed by atoms with Crippen LogP contribution in [0, 0.1) is 10.1 Å². The Morgan fingerprint density at radius 3 is 2.85 bits per heavy atom. The topological polar surface area (TPSA) is 82.0 Å². The molecule has 6 heteroatoms. The molecular formula is C7H8BrN3O2. The van der Waals surface area contributed by atoms with Gasteiger partial charge in [0.1, 0.15) is 0 Å². The van der Waals surface area contributed by atoms with Crippen molar-refractivity contribution in [2.45, 2.75) is 13.3 Å². The minimum atomic E-state index is -0.549. The molecule has 0 fully saturated rings. The van der Waals surface area contributed by atoms with E-state index in [1.165, 1.54) is 6.07 Å². The first-order valence-electron chi connectivity index (χ1n) is 3.65. The molecule has 0 amide bonds. The molecule has 0 bridgehead atoms. The number of rotatable bonds is 2. The molecule has 0 radical (unpaired) electrons. The molecule has 0 aromatic carbocycles. The molecule has 5 nitrogen and oxygen atoms in total. The number of nitrogens with two attached hydrogens (primary N) is 1. The second-order valence-corrected chi connectivity index (χ2v) is 3.29. The van der Waals surface area contributed by atoms with Crippen LogP contribution in [0.4, 0.5) is 11.5 Å². The van der Waals surface area contributed by atoms with Gasteiger partial charge in [-0.1, -0.05) is 6.92 Å². The summed E-state index contributed by atoms with van der Waals surface area (Å²) < 4.78 is 0.621. The molecule has 0 saturated heterocycles. The van der Waals surface area contributed by atoms with Crippen molar-refractivity contribution in [3.63, 3.8) is 0 Å². The van der Waals surface area contributed by atoms with Crippen LogP contribution in [0.5, 0.6) is 0 Å². The first kappa shape index (κ1) is 9.91. The summed E-state index contributed by atoms with van der Waals surface area (Å²) in [5, 5.41) is 10.4. The van der Waals surface area contributed by atoms with E-state index in [0.29, 0.717) is 10.9 Å². The largest absolute Gasteiger partial charge is 0.378 e. The number of nitrogens with zero attached hydrogens (tertiary/aromatic N) is 2. The lowest BCUT2D eigenvalue weighted by atomic mass is 10.3. The van der Waals surface area contributed by atoms with Gasteiger partial charge in [-0.05, 0) is 22.4 Å². The standard InChI is InChI=1S/C7H8BrN3O2/c1-2-5-4(8)3-6(11(12)13)7(9)10-5/h3H,2H2,1H3,(H2,9,10). The molecule has 0 unspecified atom stereocenters. The number of nitro groups is 1. The summed E-state index contributed by atoms with van der Waals surface area (Å²) in [6, 6.07) is 1.38. The van der Waals surface area contributed by atoms with Crippen LogP contribution in [0.2, 0.25) is 0 Å². The number of pyridine rings is 1. The molecule has 70 valence electrons. The smallest absolute Gasteiger partial charge is 0.312 e. The molecule has 0 spiro atoms. The van der Waals surface area contributed by atoms with Gasteiger partial charge in [0.25, 0.3) is 0 Å². The van der Waals surface area contributed by atoms with Crippen LogP contribution in [0.1, 0.15) is 12.6 Å². The van der Waals surface area contributed by atoms with Gasteiger partial charge in [-0.2, -0.15) is 0 Å². The number of aryl methyl sites for hydroxylation is 1. The third-order valence-corrected chi connectivity index (χ3v) is 2.28. The fourth-order valence-corrected chi connectivity index (χ4v) is 1.51. The molecule has 0 aliphatic carbocycles. The van der Waals surface area contributed by atoms with Crippen LogP contribution in [0.3, 0.4) is 0 Å². The van der Waals surface area contributed by atoms with E-state index in [1.54, 1.807) is 0 Å². The number of hydrogen-bond acceptors (Lipinski definition) is 4. The maximum Gasteiger partial charge on any atom is 0.312 e. The highest BCUT2D eigenvalue weighted by Crippen LogP contribution is 2.26. The zero-order valence-corrected chi connectivity index (χ0v) is 8.54. The number of halogens is 1. The predicted molar refractivity (Wildman–Crippen MR) is 52.4 cm³/mol. The normalized spacial score (nSPS) is 10.0. The van der Waals surface area contributed by atoms with Crippen LogP contribution < -0.4 is 5.73 Å². The van der Waals surface area contributed by atoms with E-state index in [2.05, 4.69) is 20.9 Å². The molecule has 1 aromatic rings. The van der Waals surface area contributed by atoms with Crippen molar-refractivity contribution in [1.82, 2.24) is 4.98 Å². The Balaban J connectivity index is 3.28. The van der Waals surface area contributed by atoms with Crippen LogP contribution in [-0.2, 0) is 6.42 Å². The van der Waals surface area contributed by atoms with Gasteiger partial charge in [0, 0.05) is 10.5 Å². The molecule has 1 rings (SSSR count). The Kier molecular flexibility index (Phi) is 2.82. The summed E-state index contributed by atoms with van der Waals surface area (Å²) in [7, 11) is 0. The van der Waals surface area contributed by atoms with Crippen LogP contribution in [-0.4, -0.2) is 9.91 Å². The van der Waals surface area contributed by atoms with Crippen molar-refractivity contribution in [3.05, 3.63) is 26.3 Å². The van der Waals surface area contributed by atoms with Crippen molar-refractivity contribution in [1.29, 1.82) is 0 Å². The van der Waals surface area contributed by atoms with Gasteiger partial charge in [0.05, 0.1) is 10.6 Å². The molecule has 0 saturated carbocycles. The van der Waals surface area contributed by atoms with Crippen molar-refractivity contribution in [2.24, 2.45) is 0 Å².